The highest BCUT2D eigenvalue weighted by atomic mass is 32.2. The average molecular weight is 286 g/mol. The van der Waals surface area contributed by atoms with Gasteiger partial charge in [0.05, 0.1) is 4.90 Å². The Balaban J connectivity index is 2.07. The zero-order chi connectivity index (χ0) is 13.7. The van der Waals surface area contributed by atoms with Crippen LogP contribution in [0.3, 0.4) is 0 Å². The second-order valence-electron chi connectivity index (χ2n) is 4.16. The Hall–Kier alpha value is -1.31. The molecule has 1 aliphatic rings. The van der Waals surface area contributed by atoms with Crippen molar-refractivity contribution < 1.29 is 17.9 Å². The van der Waals surface area contributed by atoms with E-state index >= 15 is 0 Å². The molecule has 106 valence electrons. The van der Waals surface area contributed by atoms with E-state index in [1.807, 2.05) is 7.05 Å². The summed E-state index contributed by atoms with van der Waals surface area (Å²) in [6, 6.07) is 4.64. The Kier molecular flexibility index (Phi) is 4.62. The van der Waals surface area contributed by atoms with Crippen LogP contribution in [0.25, 0.3) is 0 Å². The molecule has 6 nitrogen and oxygen atoms in total. The maximum atomic E-state index is 12.1. The fourth-order valence-corrected chi connectivity index (χ4v) is 2.83. The van der Waals surface area contributed by atoms with E-state index in [9.17, 15) is 8.42 Å². The summed E-state index contributed by atoms with van der Waals surface area (Å²) in [6.45, 7) is 2.09. The van der Waals surface area contributed by atoms with E-state index in [-0.39, 0.29) is 4.90 Å². The fourth-order valence-electron chi connectivity index (χ4n) is 1.75. The summed E-state index contributed by atoms with van der Waals surface area (Å²) in [4.78, 5) is 0.196. The third kappa shape index (κ3) is 3.59. The van der Waals surface area contributed by atoms with Gasteiger partial charge in [-0.3, -0.25) is 0 Å². The van der Waals surface area contributed by atoms with Crippen LogP contribution in [0, 0.1) is 0 Å². The van der Waals surface area contributed by atoms with Gasteiger partial charge in [-0.1, -0.05) is 0 Å². The molecule has 1 aromatic carbocycles. The molecule has 0 unspecified atom stereocenters. The number of ether oxygens (including phenoxy) is 2. The summed E-state index contributed by atoms with van der Waals surface area (Å²) in [5.74, 6) is 1.06. The van der Waals surface area contributed by atoms with Gasteiger partial charge < -0.3 is 14.8 Å². The zero-order valence-corrected chi connectivity index (χ0v) is 11.6. The van der Waals surface area contributed by atoms with Gasteiger partial charge in [-0.25, -0.2) is 13.1 Å². The molecule has 0 saturated carbocycles. The highest BCUT2D eigenvalue weighted by molar-refractivity contribution is 7.89. The van der Waals surface area contributed by atoms with Gasteiger partial charge >= 0.3 is 0 Å². The standard InChI is InChI=1S/C12H18N2O4S/c1-13-5-2-6-14-19(15,16)10-3-4-11-12(9-10)18-8-7-17-11/h3-4,9,13-14H,2,5-8H2,1H3. The molecule has 0 bridgehead atoms. The van der Waals surface area contributed by atoms with Crippen molar-refractivity contribution >= 4 is 10.0 Å². The van der Waals surface area contributed by atoms with Crippen LogP contribution in [0.4, 0.5) is 0 Å². The van der Waals surface area contributed by atoms with Crippen molar-refractivity contribution in [2.45, 2.75) is 11.3 Å². The molecule has 1 aromatic rings. The van der Waals surface area contributed by atoms with Crippen LogP contribution in [-0.4, -0.2) is 41.8 Å². The molecule has 0 radical (unpaired) electrons. The largest absolute Gasteiger partial charge is 0.486 e. The number of hydrogen-bond donors (Lipinski definition) is 2. The quantitative estimate of drug-likeness (QED) is 0.738. The van der Waals surface area contributed by atoms with Gasteiger partial charge in [-0.15, -0.1) is 0 Å². The minimum absolute atomic E-state index is 0.196. The number of hydrogen-bond acceptors (Lipinski definition) is 5. The summed E-state index contributed by atoms with van der Waals surface area (Å²) in [5.41, 5.74) is 0. The predicted molar refractivity (Wildman–Crippen MR) is 71.2 cm³/mol. The van der Waals surface area contributed by atoms with Gasteiger partial charge in [0.15, 0.2) is 11.5 Å². The third-order valence-electron chi connectivity index (χ3n) is 2.72. The molecule has 2 N–H and O–H groups in total. The lowest BCUT2D eigenvalue weighted by atomic mass is 10.3. The fraction of sp³-hybridized carbons (Fsp3) is 0.500. The lowest BCUT2D eigenvalue weighted by Crippen LogP contribution is -2.27. The second-order valence-corrected chi connectivity index (χ2v) is 5.93. The molecule has 0 spiro atoms. The minimum atomic E-state index is -3.49. The summed E-state index contributed by atoms with van der Waals surface area (Å²) in [6.07, 6.45) is 0.736. The van der Waals surface area contributed by atoms with E-state index in [0.29, 0.717) is 31.3 Å². The van der Waals surface area contributed by atoms with Crippen LogP contribution in [0.5, 0.6) is 11.5 Å². The molecule has 0 saturated heterocycles. The van der Waals surface area contributed by atoms with Gasteiger partial charge in [-0.05, 0) is 32.1 Å². The molecular weight excluding hydrogens is 268 g/mol. The maximum absolute atomic E-state index is 12.1. The lowest BCUT2D eigenvalue weighted by molar-refractivity contribution is 0.171. The SMILES string of the molecule is CNCCCNS(=O)(=O)c1ccc2c(c1)OCCO2. The number of rotatable bonds is 6. The van der Waals surface area contributed by atoms with Gasteiger partial charge in [0.1, 0.15) is 13.2 Å². The summed E-state index contributed by atoms with van der Waals surface area (Å²) in [5, 5.41) is 2.96. The molecule has 2 rings (SSSR count). The summed E-state index contributed by atoms with van der Waals surface area (Å²) >= 11 is 0. The third-order valence-corrected chi connectivity index (χ3v) is 4.18. The van der Waals surface area contributed by atoms with Crippen molar-refractivity contribution in [2.75, 3.05) is 33.4 Å². The number of nitrogens with one attached hydrogen (secondary N) is 2. The van der Waals surface area contributed by atoms with Crippen molar-refractivity contribution in [3.05, 3.63) is 18.2 Å². The Morgan fingerprint density at radius 2 is 1.89 bits per heavy atom. The first-order chi connectivity index (χ1) is 9.13. The smallest absolute Gasteiger partial charge is 0.240 e. The highest BCUT2D eigenvalue weighted by Gasteiger charge is 2.18. The Bertz CT molecular complexity index is 531. The molecular formula is C12H18N2O4S. The van der Waals surface area contributed by atoms with Crippen molar-refractivity contribution in [1.82, 2.24) is 10.0 Å². The maximum Gasteiger partial charge on any atom is 0.240 e. The molecule has 0 aliphatic carbocycles. The minimum Gasteiger partial charge on any atom is -0.486 e. The van der Waals surface area contributed by atoms with E-state index in [2.05, 4.69) is 10.0 Å². The lowest BCUT2D eigenvalue weighted by Gasteiger charge is -2.18. The van der Waals surface area contributed by atoms with Crippen LogP contribution in [0.2, 0.25) is 0 Å². The molecule has 0 aromatic heterocycles. The first-order valence-corrected chi connectivity index (χ1v) is 7.66. The van der Waals surface area contributed by atoms with E-state index in [1.165, 1.54) is 12.1 Å². The van der Waals surface area contributed by atoms with Crippen LogP contribution in [0.15, 0.2) is 23.1 Å². The second kappa shape index (κ2) is 6.23. The number of benzene rings is 1. The van der Waals surface area contributed by atoms with Crippen molar-refractivity contribution in [3.8, 4) is 11.5 Å². The van der Waals surface area contributed by atoms with Gasteiger partial charge in [-0.2, -0.15) is 0 Å². The Morgan fingerprint density at radius 3 is 2.63 bits per heavy atom. The molecule has 0 fully saturated rings. The van der Waals surface area contributed by atoms with Crippen molar-refractivity contribution in [2.24, 2.45) is 0 Å². The van der Waals surface area contributed by atoms with E-state index < -0.39 is 10.0 Å². The van der Waals surface area contributed by atoms with Gasteiger partial charge in [0.2, 0.25) is 10.0 Å². The molecule has 7 heteroatoms. The van der Waals surface area contributed by atoms with Crippen LogP contribution in [0.1, 0.15) is 6.42 Å². The first-order valence-electron chi connectivity index (χ1n) is 6.17. The molecule has 1 aliphatic heterocycles. The molecule has 0 amide bonds. The zero-order valence-electron chi connectivity index (χ0n) is 10.8. The molecule has 0 atom stereocenters. The first kappa shape index (κ1) is 14.1. The van der Waals surface area contributed by atoms with Gasteiger partial charge in [0, 0.05) is 12.6 Å². The number of fused-ring (bicyclic) bond motifs is 1. The average Bonchev–Trinajstić information content (AvgIpc) is 2.43. The van der Waals surface area contributed by atoms with Crippen LogP contribution >= 0.6 is 0 Å². The molecule has 1 heterocycles. The summed E-state index contributed by atoms with van der Waals surface area (Å²) in [7, 11) is -1.66. The topological polar surface area (TPSA) is 76.7 Å². The predicted octanol–water partition coefficient (Wildman–Crippen LogP) is 0.346. The highest BCUT2D eigenvalue weighted by Crippen LogP contribution is 2.32. The van der Waals surface area contributed by atoms with Crippen molar-refractivity contribution in [1.29, 1.82) is 0 Å². The van der Waals surface area contributed by atoms with Crippen molar-refractivity contribution in [3.63, 3.8) is 0 Å². The van der Waals surface area contributed by atoms with Crippen LogP contribution in [-0.2, 0) is 10.0 Å². The summed E-state index contributed by atoms with van der Waals surface area (Å²) < 4.78 is 37.4. The number of sulfonamides is 1. The van der Waals surface area contributed by atoms with E-state index in [0.717, 1.165) is 13.0 Å². The normalized spacial score (nSPS) is 14.4. The van der Waals surface area contributed by atoms with E-state index in [4.69, 9.17) is 9.47 Å². The molecule has 19 heavy (non-hydrogen) atoms. The Morgan fingerprint density at radius 1 is 1.16 bits per heavy atom. The Labute approximate surface area is 113 Å². The monoisotopic (exact) mass is 286 g/mol. The van der Waals surface area contributed by atoms with Gasteiger partial charge in [0.25, 0.3) is 0 Å². The van der Waals surface area contributed by atoms with Crippen LogP contribution < -0.4 is 19.5 Å². The van der Waals surface area contributed by atoms with E-state index in [1.54, 1.807) is 6.07 Å².